The van der Waals surface area contributed by atoms with Crippen molar-refractivity contribution in [3.05, 3.63) is 40.7 Å². The molecule has 0 spiro atoms. The van der Waals surface area contributed by atoms with E-state index in [4.69, 9.17) is 21.1 Å². The predicted octanol–water partition coefficient (Wildman–Crippen LogP) is 3.82. The van der Waals surface area contributed by atoms with Crippen LogP contribution in [0.25, 0.3) is 11.5 Å². The maximum absolute atomic E-state index is 11.1. The first-order valence-electron chi connectivity index (χ1n) is 5.49. The van der Waals surface area contributed by atoms with Gasteiger partial charge in [0, 0.05) is 10.6 Å². The van der Waals surface area contributed by atoms with Gasteiger partial charge in [-0.15, -0.1) is 0 Å². The largest absolute Gasteiger partial charge is 0.475 e. The molecule has 0 amide bonds. The minimum Gasteiger partial charge on any atom is -0.475 e. The highest BCUT2D eigenvalue weighted by Crippen LogP contribution is 2.27. The summed E-state index contributed by atoms with van der Waals surface area (Å²) in [7, 11) is 0. The van der Waals surface area contributed by atoms with Crippen molar-refractivity contribution in [2.24, 2.45) is 0 Å². The number of rotatable bonds is 3. The van der Waals surface area contributed by atoms with E-state index >= 15 is 0 Å². The van der Waals surface area contributed by atoms with Crippen LogP contribution in [0.4, 0.5) is 0 Å². The van der Waals surface area contributed by atoms with E-state index in [9.17, 15) is 4.79 Å². The van der Waals surface area contributed by atoms with Crippen LogP contribution in [0.1, 0.15) is 36.0 Å². The van der Waals surface area contributed by atoms with Crippen molar-refractivity contribution < 1.29 is 14.3 Å². The third-order valence-corrected chi connectivity index (χ3v) is 2.74. The molecule has 1 heterocycles. The Morgan fingerprint density at radius 1 is 1.33 bits per heavy atom. The van der Waals surface area contributed by atoms with Crippen LogP contribution in [0.5, 0.6) is 0 Å². The molecule has 2 aromatic rings. The van der Waals surface area contributed by atoms with E-state index < -0.39 is 5.97 Å². The molecule has 0 aliphatic rings. The summed E-state index contributed by atoms with van der Waals surface area (Å²) in [5.74, 6) is -0.921. The van der Waals surface area contributed by atoms with Gasteiger partial charge in [0.05, 0.1) is 5.69 Å². The minimum atomic E-state index is -1.11. The summed E-state index contributed by atoms with van der Waals surface area (Å²) in [6, 6.07) is 6.89. The Morgan fingerprint density at radius 3 is 2.39 bits per heavy atom. The third-order valence-electron chi connectivity index (χ3n) is 2.49. The second-order valence-corrected chi connectivity index (χ2v) is 4.64. The van der Waals surface area contributed by atoms with E-state index in [0.717, 1.165) is 0 Å². The average molecular weight is 266 g/mol. The Balaban J connectivity index is 2.49. The van der Waals surface area contributed by atoms with Crippen molar-refractivity contribution in [2.75, 3.05) is 0 Å². The maximum Gasteiger partial charge on any atom is 0.373 e. The zero-order valence-corrected chi connectivity index (χ0v) is 10.7. The molecule has 0 saturated heterocycles. The number of carbonyl (C=O) groups is 1. The van der Waals surface area contributed by atoms with E-state index in [2.05, 4.69) is 4.98 Å². The van der Waals surface area contributed by atoms with Gasteiger partial charge in [0.1, 0.15) is 0 Å². The standard InChI is InChI=1S/C13H12ClNO3/c1-7(2)10-11(13(16)17)18-12(15-10)8-3-5-9(14)6-4-8/h3-7H,1-2H3,(H,16,17). The Hall–Kier alpha value is -1.81. The lowest BCUT2D eigenvalue weighted by molar-refractivity contribution is 0.0661. The van der Waals surface area contributed by atoms with E-state index in [0.29, 0.717) is 22.2 Å². The van der Waals surface area contributed by atoms with Gasteiger partial charge in [-0.2, -0.15) is 0 Å². The summed E-state index contributed by atoms with van der Waals surface area (Å²) in [6.07, 6.45) is 0. The van der Waals surface area contributed by atoms with Gasteiger partial charge in [0.2, 0.25) is 11.7 Å². The number of carboxylic acids is 1. The molecule has 0 unspecified atom stereocenters. The number of hydrogen-bond donors (Lipinski definition) is 1. The lowest BCUT2D eigenvalue weighted by Crippen LogP contribution is -2.01. The lowest BCUT2D eigenvalue weighted by atomic mass is 10.1. The fourth-order valence-corrected chi connectivity index (χ4v) is 1.72. The molecular weight excluding hydrogens is 254 g/mol. The molecule has 0 aliphatic carbocycles. The van der Waals surface area contributed by atoms with Gasteiger partial charge in [-0.05, 0) is 30.2 Å². The van der Waals surface area contributed by atoms with E-state index in [1.54, 1.807) is 24.3 Å². The summed E-state index contributed by atoms with van der Waals surface area (Å²) < 4.78 is 5.31. The molecule has 1 aromatic carbocycles. The Morgan fingerprint density at radius 2 is 1.94 bits per heavy atom. The van der Waals surface area contributed by atoms with E-state index in [-0.39, 0.29) is 11.7 Å². The third kappa shape index (κ3) is 2.38. The smallest absolute Gasteiger partial charge is 0.373 e. The van der Waals surface area contributed by atoms with E-state index in [1.807, 2.05) is 13.8 Å². The molecule has 1 aromatic heterocycles. The predicted molar refractivity (Wildman–Crippen MR) is 68.0 cm³/mol. The molecule has 0 radical (unpaired) electrons. The molecule has 94 valence electrons. The number of aromatic nitrogens is 1. The molecule has 5 heteroatoms. The Labute approximate surface area is 109 Å². The van der Waals surface area contributed by atoms with Crippen molar-refractivity contribution in [1.82, 2.24) is 4.98 Å². The van der Waals surface area contributed by atoms with Crippen LogP contribution < -0.4 is 0 Å². The van der Waals surface area contributed by atoms with Crippen molar-refractivity contribution in [3.63, 3.8) is 0 Å². The molecule has 18 heavy (non-hydrogen) atoms. The summed E-state index contributed by atoms with van der Waals surface area (Å²) >= 11 is 5.79. The number of oxazole rings is 1. The second kappa shape index (κ2) is 4.82. The zero-order valence-electron chi connectivity index (χ0n) is 9.98. The zero-order chi connectivity index (χ0) is 13.3. The van der Waals surface area contributed by atoms with Gasteiger partial charge in [0.15, 0.2) is 0 Å². The van der Waals surface area contributed by atoms with Gasteiger partial charge in [-0.3, -0.25) is 0 Å². The summed E-state index contributed by atoms with van der Waals surface area (Å²) in [6.45, 7) is 3.74. The molecule has 1 N–H and O–H groups in total. The highest BCUT2D eigenvalue weighted by atomic mass is 35.5. The lowest BCUT2D eigenvalue weighted by Gasteiger charge is -1.98. The quantitative estimate of drug-likeness (QED) is 0.916. The second-order valence-electron chi connectivity index (χ2n) is 4.20. The van der Waals surface area contributed by atoms with Crippen molar-refractivity contribution in [3.8, 4) is 11.5 Å². The van der Waals surface area contributed by atoms with Crippen LogP contribution in [-0.4, -0.2) is 16.1 Å². The number of nitrogens with zero attached hydrogens (tertiary/aromatic N) is 1. The van der Waals surface area contributed by atoms with Crippen LogP contribution in [0, 0.1) is 0 Å². The molecule has 4 nitrogen and oxygen atoms in total. The number of aromatic carboxylic acids is 1. The van der Waals surface area contributed by atoms with Crippen molar-refractivity contribution >= 4 is 17.6 Å². The molecular formula is C13H12ClNO3. The van der Waals surface area contributed by atoms with Crippen LogP contribution in [0.15, 0.2) is 28.7 Å². The highest BCUT2D eigenvalue weighted by Gasteiger charge is 2.22. The van der Waals surface area contributed by atoms with Gasteiger partial charge < -0.3 is 9.52 Å². The van der Waals surface area contributed by atoms with Crippen molar-refractivity contribution in [2.45, 2.75) is 19.8 Å². The average Bonchev–Trinajstić information content (AvgIpc) is 2.75. The number of hydrogen-bond acceptors (Lipinski definition) is 3. The van der Waals surface area contributed by atoms with Crippen LogP contribution >= 0.6 is 11.6 Å². The number of carboxylic acid groups (broad SMARTS) is 1. The highest BCUT2D eigenvalue weighted by molar-refractivity contribution is 6.30. The monoisotopic (exact) mass is 265 g/mol. The Kier molecular flexibility index (Phi) is 3.39. The van der Waals surface area contributed by atoms with Crippen LogP contribution in [-0.2, 0) is 0 Å². The van der Waals surface area contributed by atoms with Gasteiger partial charge in [-0.1, -0.05) is 25.4 Å². The molecule has 0 saturated carbocycles. The molecule has 0 fully saturated rings. The SMILES string of the molecule is CC(C)c1nc(-c2ccc(Cl)cc2)oc1C(=O)O. The first-order valence-corrected chi connectivity index (χ1v) is 5.86. The summed E-state index contributed by atoms with van der Waals surface area (Å²) in [4.78, 5) is 15.3. The first-order chi connectivity index (χ1) is 8.49. The molecule has 0 aliphatic heterocycles. The fourth-order valence-electron chi connectivity index (χ4n) is 1.59. The number of halogens is 1. The van der Waals surface area contributed by atoms with Crippen LogP contribution in [0.3, 0.4) is 0 Å². The summed E-state index contributed by atoms with van der Waals surface area (Å²) in [5, 5.41) is 9.67. The summed E-state index contributed by atoms with van der Waals surface area (Å²) in [5.41, 5.74) is 1.15. The molecule has 0 bridgehead atoms. The van der Waals surface area contributed by atoms with E-state index in [1.165, 1.54) is 0 Å². The maximum atomic E-state index is 11.1. The molecule has 0 atom stereocenters. The minimum absolute atomic E-state index is 0.0131. The number of benzene rings is 1. The van der Waals surface area contributed by atoms with Crippen molar-refractivity contribution in [1.29, 1.82) is 0 Å². The van der Waals surface area contributed by atoms with Gasteiger partial charge >= 0.3 is 5.97 Å². The van der Waals surface area contributed by atoms with Gasteiger partial charge in [0.25, 0.3) is 0 Å². The molecule has 2 rings (SSSR count). The fraction of sp³-hybridized carbons (Fsp3) is 0.231. The Bertz CT molecular complexity index is 572. The topological polar surface area (TPSA) is 63.3 Å². The normalized spacial score (nSPS) is 10.9. The van der Waals surface area contributed by atoms with Gasteiger partial charge in [-0.25, -0.2) is 9.78 Å². The first kappa shape index (κ1) is 12.6. The van der Waals surface area contributed by atoms with Crippen LogP contribution in [0.2, 0.25) is 5.02 Å².